The number of hydrogen-bond donors (Lipinski definition) is 0. The van der Waals surface area contributed by atoms with Crippen molar-refractivity contribution < 1.29 is 8.42 Å². The van der Waals surface area contributed by atoms with Crippen molar-refractivity contribution in [2.45, 2.75) is 0 Å². The van der Waals surface area contributed by atoms with Crippen LogP contribution in [-0.2, 0) is 9.84 Å². The average Bonchev–Trinajstić information content (AvgIpc) is 2.60. The van der Waals surface area contributed by atoms with Gasteiger partial charge < -0.3 is 0 Å². The van der Waals surface area contributed by atoms with Gasteiger partial charge in [-0.2, -0.15) is 0 Å². The quantitative estimate of drug-likeness (QED) is 0.786. The van der Waals surface area contributed by atoms with Gasteiger partial charge in [-0.1, -0.05) is 11.6 Å². The summed E-state index contributed by atoms with van der Waals surface area (Å²) in [5.41, 5.74) is 0. The van der Waals surface area contributed by atoms with Crippen molar-refractivity contribution in [1.29, 1.82) is 0 Å². The second-order valence-corrected chi connectivity index (χ2v) is 6.61. The molecule has 0 bridgehead atoms. The average molecular weight is 268 g/mol. The van der Waals surface area contributed by atoms with E-state index in [9.17, 15) is 8.42 Å². The lowest BCUT2D eigenvalue weighted by Gasteiger charge is -1.96. The van der Waals surface area contributed by atoms with Crippen molar-refractivity contribution in [1.82, 2.24) is 0 Å². The van der Waals surface area contributed by atoms with Crippen molar-refractivity contribution in [2.24, 2.45) is 4.99 Å². The molecule has 0 aromatic carbocycles. The van der Waals surface area contributed by atoms with Gasteiger partial charge in [0.25, 0.3) is 0 Å². The molecular formula is C7H3Cl2NO2S2. The fourth-order valence-corrected chi connectivity index (χ4v) is 3.58. The fraction of sp³-hybridized carbons (Fsp3) is 0. The topological polar surface area (TPSA) is 46.5 Å². The molecule has 3 nitrogen and oxygen atoms in total. The van der Waals surface area contributed by atoms with Gasteiger partial charge in [0.05, 0.1) is 4.34 Å². The summed E-state index contributed by atoms with van der Waals surface area (Å²) in [5.74, 6) is 0. The molecule has 0 fully saturated rings. The third kappa shape index (κ3) is 1.50. The molecule has 0 saturated heterocycles. The van der Waals surface area contributed by atoms with Crippen molar-refractivity contribution >= 4 is 53.8 Å². The van der Waals surface area contributed by atoms with Gasteiger partial charge in [-0.05, 0) is 23.7 Å². The third-order valence-corrected chi connectivity index (χ3v) is 5.16. The van der Waals surface area contributed by atoms with Crippen LogP contribution in [0.4, 0.5) is 0 Å². The Morgan fingerprint density at radius 3 is 2.43 bits per heavy atom. The van der Waals surface area contributed by atoms with Crippen LogP contribution in [0.15, 0.2) is 23.3 Å². The smallest absolute Gasteiger partial charge is 0.232 e. The molecule has 0 N–H and O–H groups in total. The molecule has 1 aromatic rings. The van der Waals surface area contributed by atoms with Gasteiger partial charge in [-0.15, -0.1) is 11.3 Å². The van der Waals surface area contributed by atoms with E-state index in [-0.39, 0.29) is 4.91 Å². The Hall–Kier alpha value is -0.360. The molecular weight excluding hydrogens is 265 g/mol. The van der Waals surface area contributed by atoms with Gasteiger partial charge in [0, 0.05) is 11.1 Å². The molecule has 0 saturated carbocycles. The third-order valence-electron chi connectivity index (χ3n) is 1.61. The summed E-state index contributed by atoms with van der Waals surface area (Å²) in [6, 6.07) is 3.26. The number of hydrogen-bond acceptors (Lipinski definition) is 4. The highest BCUT2D eigenvalue weighted by Gasteiger charge is 2.30. The Morgan fingerprint density at radius 1 is 1.29 bits per heavy atom. The monoisotopic (exact) mass is 267 g/mol. The van der Waals surface area contributed by atoms with Gasteiger partial charge in [0.2, 0.25) is 14.3 Å². The van der Waals surface area contributed by atoms with Crippen LogP contribution in [0.2, 0.25) is 4.34 Å². The lowest BCUT2D eigenvalue weighted by molar-refractivity contribution is 0.617. The maximum absolute atomic E-state index is 11.5. The number of rotatable bonds is 1. The fourth-order valence-electron chi connectivity index (χ4n) is 0.982. The Bertz CT molecular complexity index is 542. The summed E-state index contributed by atoms with van der Waals surface area (Å²) in [5, 5.41) is 0. The molecule has 1 aliphatic rings. The molecule has 0 unspecified atom stereocenters. The molecule has 1 aromatic heterocycles. The van der Waals surface area contributed by atoms with E-state index in [1.165, 1.54) is 17.5 Å². The molecule has 0 atom stereocenters. The first-order valence-electron chi connectivity index (χ1n) is 3.46. The van der Waals surface area contributed by atoms with Crippen LogP contribution in [0.5, 0.6) is 0 Å². The van der Waals surface area contributed by atoms with Crippen molar-refractivity contribution in [3.63, 3.8) is 0 Å². The number of sulfone groups is 1. The van der Waals surface area contributed by atoms with Crippen molar-refractivity contribution in [3.8, 4) is 0 Å². The van der Waals surface area contributed by atoms with Gasteiger partial charge >= 0.3 is 0 Å². The highest BCUT2D eigenvalue weighted by molar-refractivity contribution is 8.17. The first-order chi connectivity index (χ1) is 6.51. The Balaban J connectivity index is 2.51. The Morgan fingerprint density at radius 2 is 2.00 bits per heavy atom. The number of nitrogens with zero attached hydrogens (tertiary/aromatic N) is 1. The van der Waals surface area contributed by atoms with E-state index in [2.05, 4.69) is 4.99 Å². The normalized spacial score (nSPS) is 19.3. The molecule has 2 rings (SSSR count). The number of thiophene rings is 1. The van der Waals surface area contributed by atoms with Crippen LogP contribution in [0.1, 0.15) is 4.88 Å². The molecule has 14 heavy (non-hydrogen) atoms. The van der Waals surface area contributed by atoms with Crippen LogP contribution in [-0.4, -0.2) is 12.9 Å². The number of halogens is 2. The summed E-state index contributed by atoms with van der Waals surface area (Å²) in [6.07, 6.45) is 1.24. The van der Waals surface area contributed by atoms with E-state index in [1.807, 2.05) is 0 Å². The van der Waals surface area contributed by atoms with Crippen LogP contribution in [0.25, 0.3) is 4.91 Å². The first kappa shape index (κ1) is 10.2. The van der Waals surface area contributed by atoms with Gasteiger partial charge in [0.15, 0.2) is 0 Å². The van der Waals surface area contributed by atoms with E-state index in [0.29, 0.717) is 9.21 Å². The van der Waals surface area contributed by atoms with Gasteiger partial charge in [-0.25, -0.2) is 13.4 Å². The molecule has 1 aliphatic heterocycles. The Kier molecular flexibility index (Phi) is 2.43. The summed E-state index contributed by atoms with van der Waals surface area (Å²) in [7, 11) is -3.58. The minimum Gasteiger partial charge on any atom is -0.232 e. The molecule has 74 valence electrons. The summed E-state index contributed by atoms with van der Waals surface area (Å²) in [6.45, 7) is 0. The van der Waals surface area contributed by atoms with E-state index in [0.717, 1.165) is 0 Å². The lowest BCUT2D eigenvalue weighted by atomic mass is 10.4. The minimum atomic E-state index is -3.58. The second-order valence-electron chi connectivity index (χ2n) is 2.48. The summed E-state index contributed by atoms with van der Waals surface area (Å²) in [4.78, 5) is 4.21. The molecule has 0 radical (unpaired) electrons. The molecule has 0 aliphatic carbocycles. The zero-order valence-electron chi connectivity index (χ0n) is 6.57. The second kappa shape index (κ2) is 3.34. The predicted molar refractivity (Wildman–Crippen MR) is 59.5 cm³/mol. The minimum absolute atomic E-state index is 0.111. The van der Waals surface area contributed by atoms with Crippen LogP contribution < -0.4 is 0 Å². The van der Waals surface area contributed by atoms with E-state index in [1.54, 1.807) is 12.1 Å². The SMILES string of the molecule is O=S1(=O)C(c2ccc(Cl)s2)=CN=C1Cl. The van der Waals surface area contributed by atoms with Crippen LogP contribution in [0.3, 0.4) is 0 Å². The van der Waals surface area contributed by atoms with Gasteiger partial charge in [-0.3, -0.25) is 0 Å². The van der Waals surface area contributed by atoms with Crippen molar-refractivity contribution in [3.05, 3.63) is 27.5 Å². The predicted octanol–water partition coefficient (Wildman–Crippen LogP) is 2.72. The molecule has 7 heteroatoms. The molecule has 2 heterocycles. The largest absolute Gasteiger partial charge is 0.237 e. The van der Waals surface area contributed by atoms with Crippen molar-refractivity contribution in [2.75, 3.05) is 0 Å². The summed E-state index contributed by atoms with van der Waals surface area (Å²) < 4.78 is 23.2. The summed E-state index contributed by atoms with van der Waals surface area (Å²) >= 11 is 12.3. The zero-order valence-corrected chi connectivity index (χ0v) is 9.71. The lowest BCUT2D eigenvalue weighted by Crippen LogP contribution is -2.05. The highest BCUT2D eigenvalue weighted by atomic mass is 35.5. The first-order valence-corrected chi connectivity index (χ1v) is 6.51. The van der Waals surface area contributed by atoms with E-state index in [4.69, 9.17) is 23.2 Å². The Labute approximate surface area is 94.6 Å². The highest BCUT2D eigenvalue weighted by Crippen LogP contribution is 2.34. The number of aliphatic imine (C=N–C) groups is 1. The maximum atomic E-state index is 11.5. The molecule has 0 spiro atoms. The van der Waals surface area contributed by atoms with E-state index >= 15 is 0 Å². The standard InChI is InChI=1S/C7H3Cl2NO2S2/c8-6-2-1-4(13-6)5-3-10-7(9)14(5,11)12/h1-3H. The van der Waals surface area contributed by atoms with Gasteiger partial charge in [0.1, 0.15) is 4.91 Å². The van der Waals surface area contributed by atoms with Crippen LogP contribution in [0, 0.1) is 0 Å². The van der Waals surface area contributed by atoms with Crippen LogP contribution >= 0.6 is 34.5 Å². The molecule has 0 amide bonds. The van der Waals surface area contributed by atoms with E-state index < -0.39 is 14.3 Å². The maximum Gasteiger partial charge on any atom is 0.237 e. The zero-order chi connectivity index (χ0) is 10.3.